The highest BCUT2D eigenvalue weighted by Gasteiger charge is 2.20. The average molecular weight is 263 g/mol. The number of hydrogen-bond donors (Lipinski definition) is 2. The zero-order valence-corrected chi connectivity index (χ0v) is 11.5. The maximum atomic E-state index is 11.7. The van der Waals surface area contributed by atoms with Crippen molar-refractivity contribution in [3.05, 3.63) is 23.8 Å². The van der Waals surface area contributed by atoms with E-state index in [-0.39, 0.29) is 5.91 Å². The lowest BCUT2D eigenvalue weighted by molar-refractivity contribution is 0.0855. The van der Waals surface area contributed by atoms with Gasteiger partial charge in [0.15, 0.2) is 0 Å². The van der Waals surface area contributed by atoms with Crippen LogP contribution in [0.25, 0.3) is 0 Å². The van der Waals surface area contributed by atoms with E-state index in [1.807, 2.05) is 13.1 Å². The standard InChI is InChI=1S/C14H21N3O2/c1-16-14(18)10-3-4-12(15)13(9-10)17(2)11-5-7-19-8-6-11/h3-4,9,11H,5-8,15H2,1-2H3,(H,16,18). The molecule has 0 aromatic heterocycles. The van der Waals surface area contributed by atoms with Crippen LogP contribution in [-0.4, -0.2) is 39.3 Å². The first-order chi connectivity index (χ1) is 9.13. The normalized spacial score (nSPS) is 16.1. The minimum Gasteiger partial charge on any atom is -0.397 e. The number of nitrogens with zero attached hydrogens (tertiary/aromatic N) is 1. The van der Waals surface area contributed by atoms with Gasteiger partial charge in [0, 0.05) is 38.9 Å². The molecule has 1 aromatic carbocycles. The highest BCUT2D eigenvalue weighted by molar-refractivity contribution is 5.96. The maximum absolute atomic E-state index is 11.7. The number of amides is 1. The van der Waals surface area contributed by atoms with E-state index in [0.29, 0.717) is 17.3 Å². The third-order valence-electron chi connectivity index (χ3n) is 3.64. The molecule has 1 fully saturated rings. The molecule has 1 aliphatic rings. The van der Waals surface area contributed by atoms with Crippen molar-refractivity contribution < 1.29 is 9.53 Å². The summed E-state index contributed by atoms with van der Waals surface area (Å²) in [5.74, 6) is -0.0957. The van der Waals surface area contributed by atoms with Gasteiger partial charge in [-0.05, 0) is 31.0 Å². The fourth-order valence-electron chi connectivity index (χ4n) is 2.40. The molecule has 1 aliphatic heterocycles. The summed E-state index contributed by atoms with van der Waals surface area (Å²) in [5.41, 5.74) is 8.27. The number of hydrogen-bond acceptors (Lipinski definition) is 4. The van der Waals surface area contributed by atoms with Gasteiger partial charge < -0.3 is 20.7 Å². The van der Waals surface area contributed by atoms with Crippen LogP contribution in [-0.2, 0) is 4.74 Å². The molecule has 1 heterocycles. The number of benzene rings is 1. The summed E-state index contributed by atoms with van der Waals surface area (Å²) in [4.78, 5) is 13.8. The molecule has 0 bridgehead atoms. The van der Waals surface area contributed by atoms with Gasteiger partial charge in [-0.3, -0.25) is 4.79 Å². The summed E-state index contributed by atoms with van der Waals surface area (Å²) in [6.45, 7) is 1.56. The summed E-state index contributed by atoms with van der Waals surface area (Å²) in [7, 11) is 3.65. The van der Waals surface area contributed by atoms with Gasteiger partial charge in [0.2, 0.25) is 0 Å². The number of carbonyl (C=O) groups is 1. The Morgan fingerprint density at radius 2 is 2.11 bits per heavy atom. The molecular formula is C14H21N3O2. The van der Waals surface area contributed by atoms with E-state index in [2.05, 4.69) is 10.2 Å². The van der Waals surface area contributed by atoms with Gasteiger partial charge in [0.05, 0.1) is 11.4 Å². The summed E-state index contributed by atoms with van der Waals surface area (Å²) in [6, 6.07) is 5.80. The smallest absolute Gasteiger partial charge is 0.251 e. The minimum absolute atomic E-state index is 0.0957. The third kappa shape index (κ3) is 2.98. The minimum atomic E-state index is -0.0957. The number of nitrogens with one attached hydrogen (secondary N) is 1. The van der Waals surface area contributed by atoms with E-state index in [1.54, 1.807) is 19.2 Å². The predicted octanol–water partition coefficient (Wildman–Crippen LogP) is 1.24. The van der Waals surface area contributed by atoms with E-state index < -0.39 is 0 Å². The first-order valence-electron chi connectivity index (χ1n) is 6.55. The highest BCUT2D eigenvalue weighted by Crippen LogP contribution is 2.28. The first kappa shape index (κ1) is 13.7. The summed E-state index contributed by atoms with van der Waals surface area (Å²) in [5, 5.41) is 2.63. The Morgan fingerprint density at radius 1 is 1.42 bits per heavy atom. The van der Waals surface area contributed by atoms with Crippen LogP contribution in [0, 0.1) is 0 Å². The third-order valence-corrected chi connectivity index (χ3v) is 3.64. The number of rotatable bonds is 3. The van der Waals surface area contributed by atoms with Gasteiger partial charge in [-0.15, -0.1) is 0 Å². The Morgan fingerprint density at radius 3 is 2.74 bits per heavy atom. The van der Waals surface area contributed by atoms with Crippen molar-refractivity contribution in [1.82, 2.24) is 5.32 Å². The number of anilines is 2. The second-order valence-electron chi connectivity index (χ2n) is 4.81. The van der Waals surface area contributed by atoms with Crippen LogP contribution in [0.4, 0.5) is 11.4 Å². The van der Waals surface area contributed by atoms with Crippen LogP contribution >= 0.6 is 0 Å². The van der Waals surface area contributed by atoms with Gasteiger partial charge >= 0.3 is 0 Å². The second-order valence-corrected chi connectivity index (χ2v) is 4.81. The van der Waals surface area contributed by atoms with Crippen molar-refractivity contribution in [1.29, 1.82) is 0 Å². The van der Waals surface area contributed by atoms with E-state index in [4.69, 9.17) is 10.5 Å². The number of ether oxygens (including phenoxy) is 1. The Kier molecular flexibility index (Phi) is 4.27. The zero-order valence-electron chi connectivity index (χ0n) is 11.5. The largest absolute Gasteiger partial charge is 0.397 e. The molecule has 5 heteroatoms. The van der Waals surface area contributed by atoms with Crippen molar-refractivity contribution in [3.8, 4) is 0 Å². The van der Waals surface area contributed by atoms with E-state index in [9.17, 15) is 4.79 Å². The summed E-state index contributed by atoms with van der Waals surface area (Å²) >= 11 is 0. The molecule has 1 aromatic rings. The van der Waals surface area contributed by atoms with Crippen molar-refractivity contribution >= 4 is 17.3 Å². The molecule has 0 atom stereocenters. The molecule has 19 heavy (non-hydrogen) atoms. The van der Waals surface area contributed by atoms with Crippen LogP contribution in [0.15, 0.2) is 18.2 Å². The molecule has 1 saturated heterocycles. The van der Waals surface area contributed by atoms with Crippen LogP contribution in [0.3, 0.4) is 0 Å². The lowest BCUT2D eigenvalue weighted by Crippen LogP contribution is -2.37. The van der Waals surface area contributed by atoms with Gasteiger partial charge in [-0.2, -0.15) is 0 Å². The molecule has 1 amide bonds. The maximum Gasteiger partial charge on any atom is 0.251 e. The fourth-order valence-corrected chi connectivity index (χ4v) is 2.40. The van der Waals surface area contributed by atoms with Gasteiger partial charge in [-0.25, -0.2) is 0 Å². The van der Waals surface area contributed by atoms with Crippen LogP contribution < -0.4 is 16.0 Å². The molecule has 0 unspecified atom stereocenters. The lowest BCUT2D eigenvalue weighted by atomic mass is 10.1. The number of nitrogens with two attached hydrogens (primary N) is 1. The highest BCUT2D eigenvalue weighted by atomic mass is 16.5. The Hall–Kier alpha value is -1.75. The monoisotopic (exact) mass is 263 g/mol. The summed E-state index contributed by atoms with van der Waals surface area (Å²) < 4.78 is 5.37. The van der Waals surface area contributed by atoms with E-state index in [1.165, 1.54) is 0 Å². The fraction of sp³-hybridized carbons (Fsp3) is 0.500. The Labute approximate surface area is 113 Å². The average Bonchev–Trinajstić information content (AvgIpc) is 2.47. The molecule has 104 valence electrons. The number of nitrogen functional groups attached to an aromatic ring is 1. The Bertz CT molecular complexity index is 456. The quantitative estimate of drug-likeness (QED) is 0.805. The molecular weight excluding hydrogens is 242 g/mol. The predicted molar refractivity (Wildman–Crippen MR) is 76.5 cm³/mol. The molecule has 2 rings (SSSR count). The molecule has 0 aliphatic carbocycles. The Balaban J connectivity index is 2.24. The molecule has 0 radical (unpaired) electrons. The van der Waals surface area contributed by atoms with Crippen molar-refractivity contribution in [2.24, 2.45) is 0 Å². The van der Waals surface area contributed by atoms with Crippen LogP contribution in [0.1, 0.15) is 23.2 Å². The van der Waals surface area contributed by atoms with Gasteiger partial charge in [0.25, 0.3) is 5.91 Å². The SMILES string of the molecule is CNC(=O)c1ccc(N)c(N(C)C2CCOCC2)c1. The first-order valence-corrected chi connectivity index (χ1v) is 6.55. The second kappa shape index (κ2) is 5.93. The van der Waals surface area contributed by atoms with Crippen molar-refractivity contribution in [3.63, 3.8) is 0 Å². The van der Waals surface area contributed by atoms with Crippen molar-refractivity contribution in [2.45, 2.75) is 18.9 Å². The van der Waals surface area contributed by atoms with Gasteiger partial charge in [0.1, 0.15) is 0 Å². The van der Waals surface area contributed by atoms with Crippen molar-refractivity contribution in [2.75, 3.05) is 37.9 Å². The molecule has 3 N–H and O–H groups in total. The van der Waals surface area contributed by atoms with Crippen LogP contribution in [0.5, 0.6) is 0 Å². The lowest BCUT2D eigenvalue weighted by Gasteiger charge is -2.33. The summed E-state index contributed by atoms with van der Waals surface area (Å²) in [6.07, 6.45) is 1.97. The van der Waals surface area contributed by atoms with E-state index >= 15 is 0 Å². The topological polar surface area (TPSA) is 67.6 Å². The molecule has 0 saturated carbocycles. The zero-order chi connectivity index (χ0) is 13.8. The van der Waals surface area contributed by atoms with Gasteiger partial charge in [-0.1, -0.05) is 0 Å². The molecule has 5 nitrogen and oxygen atoms in total. The van der Waals surface area contributed by atoms with Crippen LogP contribution in [0.2, 0.25) is 0 Å². The molecule has 0 spiro atoms. The van der Waals surface area contributed by atoms with E-state index in [0.717, 1.165) is 31.7 Å². The number of carbonyl (C=O) groups excluding carboxylic acids is 1.